The summed E-state index contributed by atoms with van der Waals surface area (Å²) >= 11 is 3.85. The van der Waals surface area contributed by atoms with Crippen LogP contribution in [0.1, 0.15) is 0 Å². The lowest BCUT2D eigenvalue weighted by Crippen LogP contribution is -1.75. The third-order valence-corrected chi connectivity index (χ3v) is 0.935. The van der Waals surface area contributed by atoms with Gasteiger partial charge in [0.15, 0.2) is 0 Å². The van der Waals surface area contributed by atoms with E-state index in [2.05, 4.69) is 17.6 Å². The molecule has 3 heteroatoms. The third kappa shape index (κ3) is 1.20. The summed E-state index contributed by atoms with van der Waals surface area (Å²) in [6, 6.07) is 1.30. The van der Waals surface area contributed by atoms with E-state index in [4.69, 9.17) is 0 Å². The van der Waals surface area contributed by atoms with Crippen molar-refractivity contribution in [3.05, 3.63) is 24.3 Å². The van der Waals surface area contributed by atoms with Gasteiger partial charge < -0.3 is 0 Å². The fraction of sp³-hybridized carbons (Fsp3) is 0. The molecule has 1 nitrogen and oxygen atoms in total. The van der Waals surface area contributed by atoms with E-state index in [1.165, 1.54) is 12.3 Å². The Hall–Kier alpha value is -0.570. The standard InChI is InChI=1S/C5H4FNS/c6-4-1-5(8)3-7-2-4/h1-3,8H. The molecule has 0 amide bonds. The molecule has 1 aromatic heterocycles. The van der Waals surface area contributed by atoms with Crippen LogP contribution in [0.2, 0.25) is 0 Å². The first-order valence-corrected chi connectivity index (χ1v) is 2.53. The minimum absolute atomic E-state index is 0.350. The summed E-state index contributed by atoms with van der Waals surface area (Å²) < 4.78 is 12.1. The van der Waals surface area contributed by atoms with Crippen molar-refractivity contribution in [3.63, 3.8) is 0 Å². The first-order valence-electron chi connectivity index (χ1n) is 2.08. The SMILES string of the molecule is Fc1cncc(S)c1. The summed E-state index contributed by atoms with van der Waals surface area (Å²) in [6.07, 6.45) is 2.62. The van der Waals surface area contributed by atoms with Crippen molar-refractivity contribution in [1.29, 1.82) is 0 Å². The van der Waals surface area contributed by atoms with Gasteiger partial charge >= 0.3 is 0 Å². The molecular formula is C5H4FNS. The number of halogens is 1. The van der Waals surface area contributed by atoms with Gasteiger partial charge in [0.1, 0.15) is 5.82 Å². The maximum atomic E-state index is 12.1. The number of thiol groups is 1. The zero-order chi connectivity index (χ0) is 5.98. The highest BCUT2D eigenvalue weighted by Crippen LogP contribution is 2.03. The molecule has 8 heavy (non-hydrogen) atoms. The number of aromatic nitrogens is 1. The van der Waals surface area contributed by atoms with E-state index in [0.29, 0.717) is 4.90 Å². The second-order valence-corrected chi connectivity index (χ2v) is 1.88. The van der Waals surface area contributed by atoms with E-state index in [1.807, 2.05) is 0 Å². The molecule has 0 aliphatic carbocycles. The number of nitrogens with zero attached hydrogens (tertiary/aromatic N) is 1. The Morgan fingerprint density at radius 3 is 2.62 bits per heavy atom. The average molecular weight is 129 g/mol. The maximum absolute atomic E-state index is 12.1. The van der Waals surface area contributed by atoms with Gasteiger partial charge in [0.25, 0.3) is 0 Å². The lowest BCUT2D eigenvalue weighted by Gasteiger charge is -1.86. The lowest BCUT2D eigenvalue weighted by molar-refractivity contribution is 0.617. The van der Waals surface area contributed by atoms with Crippen LogP contribution < -0.4 is 0 Å². The van der Waals surface area contributed by atoms with Gasteiger partial charge in [0.05, 0.1) is 6.20 Å². The summed E-state index contributed by atoms with van der Waals surface area (Å²) in [4.78, 5) is 4.08. The van der Waals surface area contributed by atoms with E-state index in [-0.39, 0.29) is 5.82 Å². The molecule has 1 rings (SSSR count). The largest absolute Gasteiger partial charge is 0.261 e. The van der Waals surface area contributed by atoms with Crippen LogP contribution in [-0.4, -0.2) is 4.98 Å². The summed E-state index contributed by atoms with van der Waals surface area (Å²) in [5.41, 5.74) is 0. The quantitative estimate of drug-likeness (QED) is 0.524. The molecule has 0 N–H and O–H groups in total. The molecular weight excluding hydrogens is 125 g/mol. The van der Waals surface area contributed by atoms with Gasteiger partial charge in [-0.3, -0.25) is 4.98 Å². The zero-order valence-electron chi connectivity index (χ0n) is 4.00. The molecule has 0 spiro atoms. The highest BCUT2D eigenvalue weighted by atomic mass is 32.1. The summed E-state index contributed by atoms with van der Waals surface area (Å²) in [7, 11) is 0. The van der Waals surface area contributed by atoms with Gasteiger partial charge in [-0.1, -0.05) is 0 Å². The predicted molar refractivity (Wildman–Crippen MR) is 31.4 cm³/mol. The molecule has 0 radical (unpaired) electrons. The number of hydrogen-bond donors (Lipinski definition) is 1. The van der Waals surface area contributed by atoms with E-state index < -0.39 is 0 Å². The van der Waals surface area contributed by atoms with Crippen LogP contribution in [0.4, 0.5) is 4.39 Å². The summed E-state index contributed by atoms with van der Waals surface area (Å²) in [6.45, 7) is 0. The lowest BCUT2D eigenvalue weighted by atomic mass is 10.5. The Morgan fingerprint density at radius 1 is 1.50 bits per heavy atom. The highest BCUT2D eigenvalue weighted by Gasteiger charge is 1.86. The molecule has 0 saturated carbocycles. The maximum Gasteiger partial charge on any atom is 0.142 e. The van der Waals surface area contributed by atoms with E-state index in [0.717, 1.165) is 6.20 Å². The third-order valence-electron chi connectivity index (χ3n) is 0.690. The molecule has 0 fully saturated rings. The Labute approximate surface area is 52.0 Å². The van der Waals surface area contributed by atoms with Gasteiger partial charge in [0, 0.05) is 11.1 Å². The summed E-state index contributed by atoms with van der Waals surface area (Å²) in [5, 5.41) is 0. The van der Waals surface area contributed by atoms with Crippen LogP contribution in [0.5, 0.6) is 0 Å². The van der Waals surface area contributed by atoms with Crippen molar-refractivity contribution in [2.24, 2.45) is 0 Å². The second kappa shape index (κ2) is 2.13. The van der Waals surface area contributed by atoms with Crippen LogP contribution in [0.3, 0.4) is 0 Å². The molecule has 0 unspecified atom stereocenters. The molecule has 0 aliphatic heterocycles. The zero-order valence-corrected chi connectivity index (χ0v) is 4.90. The molecule has 0 atom stereocenters. The molecule has 1 aromatic rings. The van der Waals surface area contributed by atoms with Crippen LogP contribution in [0.25, 0.3) is 0 Å². The monoisotopic (exact) mass is 129 g/mol. The van der Waals surface area contributed by atoms with Crippen LogP contribution in [0, 0.1) is 5.82 Å². The Bertz CT molecular complexity index is 172. The van der Waals surface area contributed by atoms with E-state index >= 15 is 0 Å². The minimum atomic E-state index is -0.350. The van der Waals surface area contributed by atoms with Crippen molar-refractivity contribution < 1.29 is 4.39 Å². The van der Waals surface area contributed by atoms with Gasteiger partial charge in [-0.15, -0.1) is 12.6 Å². The first-order chi connectivity index (χ1) is 3.79. The molecule has 1 heterocycles. The fourth-order valence-corrected chi connectivity index (χ4v) is 0.591. The van der Waals surface area contributed by atoms with Gasteiger partial charge in [-0.2, -0.15) is 0 Å². The molecule has 0 aromatic carbocycles. The topological polar surface area (TPSA) is 12.9 Å². The van der Waals surface area contributed by atoms with E-state index in [1.54, 1.807) is 0 Å². The second-order valence-electron chi connectivity index (χ2n) is 1.36. The number of rotatable bonds is 0. The van der Waals surface area contributed by atoms with Crippen LogP contribution >= 0.6 is 12.6 Å². The van der Waals surface area contributed by atoms with Crippen molar-refractivity contribution in [1.82, 2.24) is 4.98 Å². The molecule has 42 valence electrons. The number of hydrogen-bond acceptors (Lipinski definition) is 2. The van der Waals surface area contributed by atoms with Crippen molar-refractivity contribution in [2.45, 2.75) is 4.90 Å². The Morgan fingerprint density at radius 2 is 2.25 bits per heavy atom. The van der Waals surface area contributed by atoms with Crippen molar-refractivity contribution >= 4 is 12.6 Å². The minimum Gasteiger partial charge on any atom is -0.261 e. The van der Waals surface area contributed by atoms with Crippen LogP contribution in [0.15, 0.2) is 23.4 Å². The summed E-state index contributed by atoms with van der Waals surface area (Å²) in [5.74, 6) is -0.350. The van der Waals surface area contributed by atoms with E-state index in [9.17, 15) is 4.39 Å². The molecule has 0 aliphatic rings. The molecule has 0 saturated heterocycles. The Kier molecular flexibility index (Phi) is 1.48. The smallest absolute Gasteiger partial charge is 0.142 e. The fourth-order valence-electron chi connectivity index (χ4n) is 0.401. The van der Waals surface area contributed by atoms with Crippen LogP contribution in [-0.2, 0) is 0 Å². The van der Waals surface area contributed by atoms with Crippen molar-refractivity contribution in [3.8, 4) is 0 Å². The first kappa shape index (κ1) is 5.56. The highest BCUT2D eigenvalue weighted by molar-refractivity contribution is 7.80. The normalized spacial score (nSPS) is 9.25. The van der Waals surface area contributed by atoms with Gasteiger partial charge in [0.2, 0.25) is 0 Å². The average Bonchev–Trinajstić information content (AvgIpc) is 1.64. The van der Waals surface area contributed by atoms with Crippen molar-refractivity contribution in [2.75, 3.05) is 0 Å². The number of pyridine rings is 1. The van der Waals surface area contributed by atoms with Gasteiger partial charge in [-0.25, -0.2) is 4.39 Å². The predicted octanol–water partition coefficient (Wildman–Crippen LogP) is 1.51. The molecule has 0 bridgehead atoms. The Balaban J connectivity index is 3.08. The van der Waals surface area contributed by atoms with Gasteiger partial charge in [-0.05, 0) is 6.07 Å².